The van der Waals surface area contributed by atoms with Crippen LogP contribution in [0.5, 0.6) is 0 Å². The molecule has 1 aliphatic rings. The SMILES string of the molecule is Cc1cc2c(NCc3ccc(C(=O)N4CCC(C(N)=O)CC4)cc3)ncnc2s1. The van der Waals surface area contributed by atoms with Crippen LogP contribution in [0.1, 0.15) is 33.6 Å². The van der Waals surface area contributed by atoms with Crippen molar-refractivity contribution >= 4 is 39.2 Å². The normalized spacial score (nSPS) is 14.9. The highest BCUT2D eigenvalue weighted by atomic mass is 32.1. The second-order valence-corrected chi connectivity index (χ2v) is 8.55. The minimum Gasteiger partial charge on any atom is -0.369 e. The van der Waals surface area contributed by atoms with Gasteiger partial charge in [-0.05, 0) is 43.5 Å². The zero-order valence-corrected chi connectivity index (χ0v) is 17.0. The Hall–Kier alpha value is -3.00. The van der Waals surface area contributed by atoms with Crippen LogP contribution in [0.25, 0.3) is 10.2 Å². The molecule has 0 radical (unpaired) electrons. The lowest BCUT2D eigenvalue weighted by Crippen LogP contribution is -2.41. The number of carbonyl (C=O) groups is 2. The topological polar surface area (TPSA) is 101 Å². The van der Waals surface area contributed by atoms with Gasteiger partial charge in [-0.25, -0.2) is 9.97 Å². The van der Waals surface area contributed by atoms with Gasteiger partial charge in [-0.15, -0.1) is 11.3 Å². The zero-order chi connectivity index (χ0) is 20.4. The van der Waals surface area contributed by atoms with Crippen LogP contribution in [0.2, 0.25) is 0 Å². The molecule has 2 amide bonds. The molecule has 3 aromatic rings. The van der Waals surface area contributed by atoms with E-state index in [0.717, 1.165) is 21.6 Å². The molecule has 0 bridgehead atoms. The van der Waals surface area contributed by atoms with Crippen molar-refractivity contribution in [1.29, 1.82) is 0 Å². The van der Waals surface area contributed by atoms with E-state index in [1.54, 1.807) is 22.6 Å². The van der Waals surface area contributed by atoms with E-state index in [4.69, 9.17) is 5.73 Å². The lowest BCUT2D eigenvalue weighted by molar-refractivity contribution is -0.123. The van der Waals surface area contributed by atoms with Gasteiger partial charge >= 0.3 is 0 Å². The second-order valence-electron chi connectivity index (χ2n) is 7.32. The first-order chi connectivity index (χ1) is 14.0. The number of carbonyl (C=O) groups excluding carboxylic acids is 2. The summed E-state index contributed by atoms with van der Waals surface area (Å²) in [5.74, 6) is 0.427. The average molecular weight is 410 g/mol. The Morgan fingerprint density at radius 2 is 1.93 bits per heavy atom. The number of nitrogens with zero attached hydrogens (tertiary/aromatic N) is 3. The molecule has 0 unspecified atom stereocenters. The quantitative estimate of drug-likeness (QED) is 0.675. The molecule has 1 fully saturated rings. The van der Waals surface area contributed by atoms with Crippen LogP contribution in [0.3, 0.4) is 0 Å². The minimum atomic E-state index is -0.271. The Morgan fingerprint density at radius 1 is 1.21 bits per heavy atom. The van der Waals surface area contributed by atoms with Crippen molar-refractivity contribution < 1.29 is 9.59 Å². The van der Waals surface area contributed by atoms with Crippen LogP contribution in [0.15, 0.2) is 36.7 Å². The van der Waals surface area contributed by atoms with Crippen molar-refractivity contribution in [2.75, 3.05) is 18.4 Å². The third-order valence-electron chi connectivity index (χ3n) is 5.30. The van der Waals surface area contributed by atoms with Gasteiger partial charge in [-0.2, -0.15) is 0 Å². The Kier molecular flexibility index (Phi) is 5.44. The van der Waals surface area contributed by atoms with E-state index >= 15 is 0 Å². The lowest BCUT2D eigenvalue weighted by atomic mass is 9.96. The molecule has 3 N–H and O–H groups in total. The van der Waals surface area contributed by atoms with Gasteiger partial charge < -0.3 is 16.0 Å². The molecule has 0 spiro atoms. The first-order valence-corrected chi connectivity index (χ1v) is 10.5. The lowest BCUT2D eigenvalue weighted by Gasteiger charge is -2.30. The fourth-order valence-electron chi connectivity index (χ4n) is 3.62. The number of likely N-dealkylation sites (tertiary alicyclic amines) is 1. The number of hydrogen-bond donors (Lipinski definition) is 2. The number of aryl methyl sites for hydroxylation is 1. The van der Waals surface area contributed by atoms with E-state index in [0.29, 0.717) is 38.0 Å². The minimum absolute atomic E-state index is 0.00122. The van der Waals surface area contributed by atoms with Crippen molar-refractivity contribution in [1.82, 2.24) is 14.9 Å². The number of nitrogens with one attached hydrogen (secondary N) is 1. The zero-order valence-electron chi connectivity index (χ0n) is 16.2. The fraction of sp³-hybridized carbons (Fsp3) is 0.333. The van der Waals surface area contributed by atoms with E-state index in [1.807, 2.05) is 24.3 Å². The number of amides is 2. The van der Waals surface area contributed by atoms with Crippen LogP contribution in [0.4, 0.5) is 5.82 Å². The number of primary amides is 1. The summed E-state index contributed by atoms with van der Waals surface area (Å²) in [4.78, 5) is 36.6. The Bertz CT molecular complexity index is 1040. The molecule has 29 heavy (non-hydrogen) atoms. The van der Waals surface area contributed by atoms with Crippen LogP contribution in [-0.4, -0.2) is 39.8 Å². The maximum atomic E-state index is 12.7. The van der Waals surface area contributed by atoms with E-state index < -0.39 is 0 Å². The van der Waals surface area contributed by atoms with Crippen molar-refractivity contribution in [3.8, 4) is 0 Å². The van der Waals surface area contributed by atoms with Gasteiger partial charge in [0.15, 0.2) is 0 Å². The van der Waals surface area contributed by atoms with Crippen LogP contribution >= 0.6 is 11.3 Å². The van der Waals surface area contributed by atoms with Crippen molar-refractivity contribution in [3.05, 3.63) is 52.7 Å². The number of fused-ring (bicyclic) bond motifs is 1. The second kappa shape index (κ2) is 8.16. The summed E-state index contributed by atoms with van der Waals surface area (Å²) in [6.45, 7) is 3.81. The van der Waals surface area contributed by atoms with Gasteiger partial charge in [0, 0.05) is 36.0 Å². The number of nitrogens with two attached hydrogens (primary N) is 1. The number of thiophene rings is 1. The maximum Gasteiger partial charge on any atom is 0.253 e. The molecule has 1 aromatic carbocycles. The van der Waals surface area contributed by atoms with Gasteiger partial charge in [0.25, 0.3) is 5.91 Å². The first-order valence-electron chi connectivity index (χ1n) is 9.64. The first kappa shape index (κ1) is 19.3. The third-order valence-corrected chi connectivity index (χ3v) is 6.26. The van der Waals surface area contributed by atoms with Crippen LogP contribution in [-0.2, 0) is 11.3 Å². The smallest absolute Gasteiger partial charge is 0.253 e. The Morgan fingerprint density at radius 3 is 2.62 bits per heavy atom. The molecular weight excluding hydrogens is 386 g/mol. The van der Waals surface area contributed by atoms with E-state index in [2.05, 4.69) is 28.3 Å². The fourth-order valence-corrected chi connectivity index (χ4v) is 4.46. The number of rotatable bonds is 5. The number of anilines is 1. The predicted octanol–water partition coefficient (Wildman–Crippen LogP) is 2.95. The summed E-state index contributed by atoms with van der Waals surface area (Å²) in [5.41, 5.74) is 7.08. The highest BCUT2D eigenvalue weighted by Gasteiger charge is 2.26. The van der Waals surface area contributed by atoms with E-state index in [-0.39, 0.29) is 17.7 Å². The van der Waals surface area contributed by atoms with E-state index in [9.17, 15) is 9.59 Å². The van der Waals surface area contributed by atoms with Gasteiger partial charge in [0.2, 0.25) is 5.91 Å². The molecule has 1 aliphatic heterocycles. The standard InChI is InChI=1S/C21H23N5O2S/c1-13-10-17-19(24-12-25-20(17)29-13)23-11-14-2-4-16(5-3-14)21(28)26-8-6-15(7-9-26)18(22)27/h2-5,10,12,15H,6-9,11H2,1H3,(H2,22,27)(H,23,24,25). The van der Waals surface area contributed by atoms with Crippen molar-refractivity contribution in [2.45, 2.75) is 26.3 Å². The molecule has 4 rings (SSSR count). The summed E-state index contributed by atoms with van der Waals surface area (Å²) in [5, 5.41) is 4.39. The molecule has 150 valence electrons. The maximum absolute atomic E-state index is 12.7. The molecule has 0 atom stereocenters. The van der Waals surface area contributed by atoms with Gasteiger partial charge in [-0.1, -0.05) is 12.1 Å². The molecule has 8 heteroatoms. The Balaban J connectivity index is 1.38. The summed E-state index contributed by atoms with van der Waals surface area (Å²) < 4.78 is 0. The Labute approximate surface area is 173 Å². The van der Waals surface area contributed by atoms with Crippen molar-refractivity contribution in [2.24, 2.45) is 11.7 Å². The van der Waals surface area contributed by atoms with Crippen molar-refractivity contribution in [3.63, 3.8) is 0 Å². The molecule has 3 heterocycles. The molecule has 7 nitrogen and oxygen atoms in total. The molecular formula is C21H23N5O2S. The molecule has 0 aliphatic carbocycles. The highest BCUT2D eigenvalue weighted by molar-refractivity contribution is 7.18. The summed E-state index contributed by atoms with van der Waals surface area (Å²) in [7, 11) is 0. The average Bonchev–Trinajstić information content (AvgIpc) is 3.13. The number of aromatic nitrogens is 2. The third kappa shape index (κ3) is 4.22. The monoisotopic (exact) mass is 409 g/mol. The highest BCUT2D eigenvalue weighted by Crippen LogP contribution is 2.27. The summed E-state index contributed by atoms with van der Waals surface area (Å²) >= 11 is 1.65. The van der Waals surface area contributed by atoms with Gasteiger partial charge in [-0.3, -0.25) is 9.59 Å². The molecule has 2 aromatic heterocycles. The molecule has 0 saturated carbocycles. The number of hydrogen-bond acceptors (Lipinski definition) is 6. The van der Waals surface area contributed by atoms with Gasteiger partial charge in [0.1, 0.15) is 17.0 Å². The largest absolute Gasteiger partial charge is 0.369 e. The predicted molar refractivity (Wildman–Crippen MR) is 114 cm³/mol. The molecule has 1 saturated heterocycles. The number of piperidine rings is 1. The van der Waals surface area contributed by atoms with Crippen LogP contribution < -0.4 is 11.1 Å². The van der Waals surface area contributed by atoms with Crippen LogP contribution in [0, 0.1) is 12.8 Å². The number of benzene rings is 1. The summed E-state index contributed by atoms with van der Waals surface area (Å²) in [6, 6.07) is 9.69. The summed E-state index contributed by atoms with van der Waals surface area (Å²) in [6.07, 6.45) is 2.85. The van der Waals surface area contributed by atoms with E-state index in [1.165, 1.54) is 4.88 Å². The van der Waals surface area contributed by atoms with Gasteiger partial charge in [0.05, 0.1) is 5.39 Å².